The van der Waals surface area contributed by atoms with Gasteiger partial charge in [-0.2, -0.15) is 0 Å². The number of aromatic nitrogens is 1. The van der Waals surface area contributed by atoms with E-state index in [4.69, 9.17) is 17.3 Å². The van der Waals surface area contributed by atoms with Gasteiger partial charge in [-0.25, -0.2) is 0 Å². The number of H-pyrrole nitrogens is 1. The minimum Gasteiger partial charge on any atom is -0.381 e. The number of nitrogens with one attached hydrogen (secondary N) is 2. The second-order valence-electron chi connectivity index (χ2n) is 4.80. The van der Waals surface area contributed by atoms with Crippen molar-refractivity contribution in [3.8, 4) is 0 Å². The maximum absolute atomic E-state index is 11.2. The van der Waals surface area contributed by atoms with Crippen molar-refractivity contribution in [3.63, 3.8) is 0 Å². The fraction of sp³-hybridized carbons (Fsp3) is 0.0625. The van der Waals surface area contributed by atoms with Gasteiger partial charge in [-0.3, -0.25) is 4.79 Å². The molecule has 0 aliphatic heterocycles. The van der Waals surface area contributed by atoms with E-state index in [1.807, 2.05) is 30.5 Å². The zero-order chi connectivity index (χ0) is 14.8. The average molecular weight is 300 g/mol. The van der Waals surface area contributed by atoms with E-state index in [1.54, 1.807) is 18.2 Å². The third-order valence-electron chi connectivity index (χ3n) is 3.36. The van der Waals surface area contributed by atoms with Crippen LogP contribution >= 0.6 is 11.6 Å². The lowest BCUT2D eigenvalue weighted by Crippen LogP contribution is -2.11. The van der Waals surface area contributed by atoms with E-state index in [9.17, 15) is 4.79 Å². The maximum Gasteiger partial charge on any atom is 0.248 e. The van der Waals surface area contributed by atoms with E-state index in [1.165, 1.54) is 0 Å². The van der Waals surface area contributed by atoms with Gasteiger partial charge in [0.15, 0.2) is 0 Å². The van der Waals surface area contributed by atoms with Gasteiger partial charge in [0.2, 0.25) is 5.91 Å². The van der Waals surface area contributed by atoms with Crippen LogP contribution in [0.25, 0.3) is 10.9 Å². The standard InChI is InChI=1S/C16H14ClN3O/c17-12-4-5-15-14(7-12)11(9-20-15)8-19-13-3-1-2-10(6-13)16(18)21/h1-7,9,19-20H,8H2,(H2,18,21). The Balaban J connectivity index is 1.82. The molecular weight excluding hydrogens is 286 g/mol. The fourth-order valence-corrected chi connectivity index (χ4v) is 2.45. The molecule has 0 radical (unpaired) electrons. The molecule has 0 saturated heterocycles. The van der Waals surface area contributed by atoms with Crippen molar-refractivity contribution in [2.24, 2.45) is 5.73 Å². The second kappa shape index (κ2) is 5.50. The Morgan fingerprint density at radius 3 is 2.90 bits per heavy atom. The molecule has 106 valence electrons. The number of carbonyl (C=O) groups excluding carboxylic acids is 1. The number of carbonyl (C=O) groups is 1. The Labute approximate surface area is 126 Å². The summed E-state index contributed by atoms with van der Waals surface area (Å²) < 4.78 is 0. The molecule has 1 heterocycles. The van der Waals surface area contributed by atoms with Gasteiger partial charge in [0.1, 0.15) is 0 Å². The smallest absolute Gasteiger partial charge is 0.248 e. The zero-order valence-corrected chi connectivity index (χ0v) is 11.9. The van der Waals surface area contributed by atoms with Crippen LogP contribution in [0.1, 0.15) is 15.9 Å². The molecule has 0 aliphatic rings. The summed E-state index contributed by atoms with van der Waals surface area (Å²) in [6.07, 6.45) is 1.95. The van der Waals surface area contributed by atoms with Gasteiger partial charge in [-0.15, -0.1) is 0 Å². The molecular formula is C16H14ClN3O. The molecule has 3 rings (SSSR count). The van der Waals surface area contributed by atoms with Crippen LogP contribution in [-0.4, -0.2) is 10.9 Å². The van der Waals surface area contributed by atoms with Gasteiger partial charge in [0.25, 0.3) is 0 Å². The van der Waals surface area contributed by atoms with Crippen LogP contribution < -0.4 is 11.1 Å². The molecule has 1 amide bonds. The number of benzene rings is 2. The largest absolute Gasteiger partial charge is 0.381 e. The number of hydrogen-bond acceptors (Lipinski definition) is 2. The highest BCUT2D eigenvalue weighted by Crippen LogP contribution is 2.23. The normalized spacial score (nSPS) is 10.7. The van der Waals surface area contributed by atoms with E-state index >= 15 is 0 Å². The molecule has 0 aliphatic carbocycles. The first-order valence-corrected chi connectivity index (χ1v) is 6.90. The SMILES string of the molecule is NC(=O)c1cccc(NCc2c[nH]c3ccc(Cl)cc23)c1. The Morgan fingerprint density at radius 1 is 1.24 bits per heavy atom. The number of aromatic amines is 1. The first-order valence-electron chi connectivity index (χ1n) is 6.53. The predicted octanol–water partition coefficient (Wildman–Crippen LogP) is 3.53. The zero-order valence-electron chi connectivity index (χ0n) is 11.2. The van der Waals surface area contributed by atoms with Crippen molar-refractivity contribution in [3.05, 3.63) is 64.8 Å². The summed E-state index contributed by atoms with van der Waals surface area (Å²) in [5.41, 5.74) is 8.77. The van der Waals surface area contributed by atoms with Crippen molar-refractivity contribution in [1.29, 1.82) is 0 Å². The topological polar surface area (TPSA) is 70.9 Å². The Kier molecular flexibility index (Phi) is 3.54. The van der Waals surface area contributed by atoms with Crippen LogP contribution in [0.5, 0.6) is 0 Å². The number of nitrogens with two attached hydrogens (primary N) is 1. The summed E-state index contributed by atoms with van der Waals surface area (Å²) in [5, 5.41) is 5.07. The quantitative estimate of drug-likeness (QED) is 0.689. The van der Waals surface area contributed by atoms with Crippen molar-refractivity contribution in [2.75, 3.05) is 5.32 Å². The number of anilines is 1. The summed E-state index contributed by atoms with van der Waals surface area (Å²) in [6, 6.07) is 12.9. The van der Waals surface area contributed by atoms with Crippen LogP contribution in [0.2, 0.25) is 5.02 Å². The minimum atomic E-state index is -0.433. The number of halogens is 1. The van der Waals surface area contributed by atoms with E-state index in [-0.39, 0.29) is 0 Å². The average Bonchev–Trinajstić information content (AvgIpc) is 2.87. The van der Waals surface area contributed by atoms with Gasteiger partial charge in [0.05, 0.1) is 0 Å². The van der Waals surface area contributed by atoms with Crippen molar-refractivity contribution < 1.29 is 4.79 Å². The fourth-order valence-electron chi connectivity index (χ4n) is 2.28. The molecule has 0 saturated carbocycles. The van der Waals surface area contributed by atoms with E-state index in [2.05, 4.69) is 10.3 Å². The van der Waals surface area contributed by atoms with Gasteiger partial charge >= 0.3 is 0 Å². The van der Waals surface area contributed by atoms with Crippen LogP contribution in [0.3, 0.4) is 0 Å². The van der Waals surface area contributed by atoms with Gasteiger partial charge in [-0.1, -0.05) is 17.7 Å². The van der Waals surface area contributed by atoms with Crippen molar-refractivity contribution >= 4 is 34.1 Å². The van der Waals surface area contributed by atoms with Crippen LogP contribution in [0, 0.1) is 0 Å². The predicted molar refractivity (Wildman–Crippen MR) is 85.6 cm³/mol. The third-order valence-corrected chi connectivity index (χ3v) is 3.59. The second-order valence-corrected chi connectivity index (χ2v) is 5.24. The highest BCUT2D eigenvalue weighted by atomic mass is 35.5. The summed E-state index contributed by atoms with van der Waals surface area (Å²) in [7, 11) is 0. The third kappa shape index (κ3) is 2.85. The molecule has 4 N–H and O–H groups in total. The highest BCUT2D eigenvalue weighted by molar-refractivity contribution is 6.31. The Hall–Kier alpha value is -2.46. The maximum atomic E-state index is 11.2. The molecule has 0 unspecified atom stereocenters. The van der Waals surface area contributed by atoms with E-state index in [0.717, 1.165) is 22.2 Å². The highest BCUT2D eigenvalue weighted by Gasteiger charge is 2.05. The van der Waals surface area contributed by atoms with Crippen molar-refractivity contribution in [1.82, 2.24) is 4.98 Å². The van der Waals surface area contributed by atoms with Crippen LogP contribution in [0.4, 0.5) is 5.69 Å². The number of hydrogen-bond donors (Lipinski definition) is 3. The van der Waals surface area contributed by atoms with Crippen molar-refractivity contribution in [2.45, 2.75) is 6.54 Å². The van der Waals surface area contributed by atoms with E-state index in [0.29, 0.717) is 17.1 Å². The molecule has 0 bridgehead atoms. The van der Waals surface area contributed by atoms with E-state index < -0.39 is 5.91 Å². The van der Waals surface area contributed by atoms with Crippen LogP contribution in [0.15, 0.2) is 48.7 Å². The summed E-state index contributed by atoms with van der Waals surface area (Å²) >= 11 is 6.03. The summed E-state index contributed by atoms with van der Waals surface area (Å²) in [4.78, 5) is 14.4. The monoisotopic (exact) mass is 299 g/mol. The lowest BCUT2D eigenvalue weighted by atomic mass is 10.1. The molecule has 0 atom stereocenters. The summed E-state index contributed by atoms with van der Waals surface area (Å²) in [6.45, 7) is 0.628. The number of rotatable bonds is 4. The lowest BCUT2D eigenvalue weighted by Gasteiger charge is -2.07. The Morgan fingerprint density at radius 2 is 2.10 bits per heavy atom. The number of primary amides is 1. The molecule has 21 heavy (non-hydrogen) atoms. The summed E-state index contributed by atoms with van der Waals surface area (Å²) in [5.74, 6) is -0.433. The molecule has 0 fully saturated rings. The molecule has 4 nitrogen and oxygen atoms in total. The lowest BCUT2D eigenvalue weighted by molar-refractivity contribution is 0.100. The molecule has 5 heteroatoms. The first-order chi connectivity index (χ1) is 10.1. The minimum absolute atomic E-state index is 0.433. The Bertz CT molecular complexity index is 810. The molecule has 2 aromatic carbocycles. The molecule has 3 aromatic rings. The van der Waals surface area contributed by atoms with Gasteiger partial charge in [0, 0.05) is 39.9 Å². The number of amides is 1. The van der Waals surface area contributed by atoms with Gasteiger partial charge < -0.3 is 16.0 Å². The van der Waals surface area contributed by atoms with Gasteiger partial charge in [-0.05, 0) is 42.0 Å². The molecule has 1 aromatic heterocycles. The molecule has 0 spiro atoms. The number of fused-ring (bicyclic) bond motifs is 1. The van der Waals surface area contributed by atoms with Crippen LogP contribution in [-0.2, 0) is 6.54 Å². The first kappa shape index (κ1) is 13.5.